The molecule has 0 aliphatic carbocycles. The Kier molecular flexibility index (Phi) is 10.1. The van der Waals surface area contributed by atoms with E-state index in [1.165, 1.54) is 58.5 Å². The second-order valence-electron chi connectivity index (χ2n) is 9.88. The van der Waals surface area contributed by atoms with Crippen molar-refractivity contribution in [2.45, 2.75) is 43.4 Å². The lowest BCUT2D eigenvalue weighted by molar-refractivity contribution is -0.385. The van der Waals surface area contributed by atoms with Gasteiger partial charge in [0.2, 0.25) is 18.3 Å². The minimum absolute atomic E-state index is 0.0319. The van der Waals surface area contributed by atoms with E-state index in [0.717, 1.165) is 0 Å². The number of nitrogens with two attached hydrogens (primary N) is 1. The van der Waals surface area contributed by atoms with Crippen LogP contribution in [-0.4, -0.2) is 86.0 Å². The fourth-order valence-corrected chi connectivity index (χ4v) is 5.24. The molecule has 0 unspecified atom stereocenters. The van der Waals surface area contributed by atoms with Gasteiger partial charge >= 0.3 is 6.09 Å². The summed E-state index contributed by atoms with van der Waals surface area (Å²) >= 11 is 4.48. The lowest BCUT2D eigenvalue weighted by Gasteiger charge is -2.30. The Labute approximate surface area is 250 Å². The number of non-ortho nitro benzene ring substituents is 2. The van der Waals surface area contributed by atoms with E-state index in [1.807, 2.05) is 0 Å². The summed E-state index contributed by atoms with van der Waals surface area (Å²) in [6, 6.07) is 10.0. The van der Waals surface area contributed by atoms with Crippen molar-refractivity contribution in [3.05, 3.63) is 79.9 Å². The predicted octanol–water partition coefficient (Wildman–Crippen LogP) is 2.02. The van der Waals surface area contributed by atoms with Crippen LogP contribution in [-0.2, 0) is 32.4 Å². The molecule has 43 heavy (non-hydrogen) atoms. The van der Waals surface area contributed by atoms with Crippen LogP contribution in [0.1, 0.15) is 24.0 Å². The van der Waals surface area contributed by atoms with Crippen molar-refractivity contribution in [1.29, 1.82) is 0 Å². The molecule has 0 spiro atoms. The predicted molar refractivity (Wildman–Crippen MR) is 154 cm³/mol. The van der Waals surface area contributed by atoms with Crippen molar-refractivity contribution < 1.29 is 33.8 Å². The number of thiol groups is 1. The largest absolute Gasteiger partial charge is 0.445 e. The molecule has 0 bridgehead atoms. The number of benzene rings is 2. The highest BCUT2D eigenvalue weighted by atomic mass is 32.1. The van der Waals surface area contributed by atoms with Gasteiger partial charge in [-0.2, -0.15) is 17.6 Å². The number of aliphatic imine (C=N–C) groups is 1. The molecule has 2 saturated heterocycles. The first-order valence-corrected chi connectivity index (χ1v) is 13.6. The van der Waals surface area contributed by atoms with Gasteiger partial charge in [-0.05, 0) is 48.2 Å². The number of nitro benzene ring substituents is 2. The molecule has 2 N–H and O–H groups in total. The standard InChI is InChI=1S/C26H29N7O9S/c27-25(28-16-34)31(42-15-18-3-7-20(8-4-18)33(39)40)21-9-10-29(12-21)24(35)23-11-22(43)13-30(23)26(36)41-14-17-1-5-19(6-2-17)32(37)38/h1-8,16,21-23,43H,9-15H2,(H2,27,28,34)/t21-,22-,23-/m0/s1. The topological polar surface area (TPSA) is 204 Å². The summed E-state index contributed by atoms with van der Waals surface area (Å²) in [4.78, 5) is 70.5. The molecule has 16 nitrogen and oxygen atoms in total. The number of hydrogen-bond donors (Lipinski definition) is 2. The number of ether oxygens (including phenoxy) is 1. The maximum atomic E-state index is 13.6. The second kappa shape index (κ2) is 13.9. The average molecular weight is 616 g/mol. The lowest BCUT2D eigenvalue weighted by Crippen LogP contribution is -2.49. The van der Waals surface area contributed by atoms with Crippen molar-refractivity contribution >= 4 is 48.4 Å². The van der Waals surface area contributed by atoms with Crippen LogP contribution < -0.4 is 5.73 Å². The van der Waals surface area contributed by atoms with Gasteiger partial charge in [-0.25, -0.2) is 9.86 Å². The van der Waals surface area contributed by atoms with Gasteiger partial charge in [-0.3, -0.25) is 39.6 Å². The summed E-state index contributed by atoms with van der Waals surface area (Å²) in [5.41, 5.74) is 6.97. The Morgan fingerprint density at radius 2 is 1.60 bits per heavy atom. The molecular formula is C26H29N7O9S. The third-order valence-electron chi connectivity index (χ3n) is 7.04. The molecule has 2 heterocycles. The molecule has 3 amide bonds. The van der Waals surface area contributed by atoms with Crippen molar-refractivity contribution in [3.8, 4) is 0 Å². The molecule has 0 radical (unpaired) electrons. The summed E-state index contributed by atoms with van der Waals surface area (Å²) in [5, 5.41) is 22.7. The molecular weight excluding hydrogens is 586 g/mol. The van der Waals surface area contributed by atoms with Crippen LogP contribution in [0.2, 0.25) is 0 Å². The number of rotatable bonds is 10. The Morgan fingerprint density at radius 1 is 1.02 bits per heavy atom. The minimum atomic E-state index is -0.818. The van der Waals surface area contributed by atoms with Gasteiger partial charge in [0, 0.05) is 49.1 Å². The third-order valence-corrected chi connectivity index (χ3v) is 7.42. The van der Waals surface area contributed by atoms with Crippen molar-refractivity contribution in [1.82, 2.24) is 14.9 Å². The Bertz CT molecular complexity index is 1390. The van der Waals surface area contributed by atoms with Crippen LogP contribution in [0, 0.1) is 20.2 Å². The van der Waals surface area contributed by atoms with Crippen LogP contribution in [0.15, 0.2) is 53.5 Å². The van der Waals surface area contributed by atoms with E-state index < -0.39 is 28.0 Å². The van der Waals surface area contributed by atoms with Crippen LogP contribution >= 0.6 is 12.6 Å². The zero-order valence-electron chi connectivity index (χ0n) is 22.8. The van der Waals surface area contributed by atoms with Crippen molar-refractivity contribution in [2.24, 2.45) is 10.7 Å². The van der Waals surface area contributed by atoms with Crippen molar-refractivity contribution in [2.75, 3.05) is 19.6 Å². The van der Waals surface area contributed by atoms with E-state index in [0.29, 0.717) is 30.5 Å². The van der Waals surface area contributed by atoms with Crippen LogP contribution in [0.3, 0.4) is 0 Å². The van der Waals surface area contributed by atoms with E-state index in [2.05, 4.69) is 17.6 Å². The number of nitro groups is 2. The maximum Gasteiger partial charge on any atom is 0.410 e. The van der Waals surface area contributed by atoms with Gasteiger partial charge in [0.15, 0.2) is 0 Å². The number of carbonyl (C=O) groups excluding carboxylic acids is 3. The average Bonchev–Trinajstić information content (AvgIpc) is 3.63. The van der Waals surface area contributed by atoms with Crippen LogP contribution in [0.4, 0.5) is 16.2 Å². The van der Waals surface area contributed by atoms with Gasteiger partial charge < -0.3 is 15.4 Å². The number of guanidine groups is 1. The highest BCUT2D eigenvalue weighted by Crippen LogP contribution is 2.27. The summed E-state index contributed by atoms with van der Waals surface area (Å²) in [5.74, 6) is -0.531. The van der Waals surface area contributed by atoms with Gasteiger partial charge in [-0.15, -0.1) is 0 Å². The second-order valence-corrected chi connectivity index (χ2v) is 10.6. The fraction of sp³-hybridized carbons (Fsp3) is 0.385. The molecule has 2 aliphatic heterocycles. The number of amides is 3. The molecule has 17 heteroatoms. The lowest BCUT2D eigenvalue weighted by atomic mass is 10.2. The Hall–Kier alpha value is -4.77. The van der Waals surface area contributed by atoms with Gasteiger partial charge in [0.1, 0.15) is 19.3 Å². The van der Waals surface area contributed by atoms with E-state index >= 15 is 0 Å². The number of nitrogens with zero attached hydrogens (tertiary/aromatic N) is 6. The van der Waals surface area contributed by atoms with Crippen molar-refractivity contribution in [3.63, 3.8) is 0 Å². The Morgan fingerprint density at radius 3 is 2.16 bits per heavy atom. The molecule has 2 aromatic rings. The molecule has 0 saturated carbocycles. The molecule has 2 aliphatic rings. The summed E-state index contributed by atoms with van der Waals surface area (Å²) in [6.45, 7) is 0.505. The summed E-state index contributed by atoms with van der Waals surface area (Å²) < 4.78 is 5.40. The monoisotopic (exact) mass is 615 g/mol. The zero-order chi connectivity index (χ0) is 31.1. The first-order chi connectivity index (χ1) is 20.6. The summed E-state index contributed by atoms with van der Waals surface area (Å²) in [6.07, 6.45) is 0.286. The summed E-state index contributed by atoms with van der Waals surface area (Å²) in [7, 11) is 0. The first kappa shape index (κ1) is 31.2. The number of hydroxylamine groups is 2. The van der Waals surface area contributed by atoms with E-state index in [1.54, 1.807) is 4.90 Å². The van der Waals surface area contributed by atoms with Gasteiger partial charge in [0.05, 0.1) is 15.9 Å². The third kappa shape index (κ3) is 7.75. The van der Waals surface area contributed by atoms with Crippen LogP contribution in [0.5, 0.6) is 0 Å². The molecule has 4 rings (SSSR count). The number of likely N-dealkylation sites (tertiary alicyclic amines) is 2. The minimum Gasteiger partial charge on any atom is -0.445 e. The molecule has 0 aromatic heterocycles. The quantitative estimate of drug-likeness (QED) is 0.0988. The zero-order valence-corrected chi connectivity index (χ0v) is 23.7. The number of carbonyl (C=O) groups is 3. The maximum absolute atomic E-state index is 13.6. The number of hydrogen-bond acceptors (Lipinski definition) is 10. The molecule has 3 atom stereocenters. The smallest absolute Gasteiger partial charge is 0.410 e. The highest BCUT2D eigenvalue weighted by Gasteiger charge is 2.43. The fourth-order valence-electron chi connectivity index (χ4n) is 4.86. The van der Waals surface area contributed by atoms with Crippen LogP contribution in [0.25, 0.3) is 0 Å². The first-order valence-electron chi connectivity index (χ1n) is 13.1. The Balaban J connectivity index is 1.38. The molecule has 228 valence electrons. The van der Waals surface area contributed by atoms with E-state index in [4.69, 9.17) is 15.3 Å². The molecule has 2 fully saturated rings. The van der Waals surface area contributed by atoms with Gasteiger partial charge in [-0.1, -0.05) is 0 Å². The van der Waals surface area contributed by atoms with Gasteiger partial charge in [0.25, 0.3) is 11.4 Å². The highest BCUT2D eigenvalue weighted by molar-refractivity contribution is 7.81. The van der Waals surface area contributed by atoms with E-state index in [-0.39, 0.29) is 61.2 Å². The van der Waals surface area contributed by atoms with E-state index in [9.17, 15) is 34.6 Å². The molecule has 2 aromatic carbocycles. The SMILES string of the molecule is NC(=NC=O)N(OCc1ccc([N+](=O)[O-])cc1)[C@H]1CCN(C(=O)[C@@H]2C[C@H](S)CN2C(=O)OCc2ccc([N+](=O)[O-])cc2)C1. The normalized spacial score (nSPS) is 20.1.